The molecule has 1 aliphatic heterocycles. The summed E-state index contributed by atoms with van der Waals surface area (Å²) in [5.74, 6) is 1.32. The Balaban J connectivity index is 1.79. The average Bonchev–Trinajstić information content (AvgIpc) is 3.19. The van der Waals surface area contributed by atoms with Crippen LogP contribution in [-0.4, -0.2) is 24.3 Å². The molecular weight excluding hydrogens is 300 g/mol. The molecule has 116 valence electrons. The van der Waals surface area contributed by atoms with Crippen molar-refractivity contribution < 1.29 is 8.78 Å². The Bertz CT molecular complexity index is 907. The van der Waals surface area contributed by atoms with Crippen LogP contribution in [-0.2, 0) is 6.54 Å². The van der Waals surface area contributed by atoms with Gasteiger partial charge in [-0.2, -0.15) is 5.10 Å². The van der Waals surface area contributed by atoms with E-state index in [0.29, 0.717) is 17.4 Å². The lowest BCUT2D eigenvalue weighted by molar-refractivity contribution is 0.145. The van der Waals surface area contributed by atoms with Crippen LogP contribution in [0.15, 0.2) is 30.9 Å². The van der Waals surface area contributed by atoms with Crippen LogP contribution in [0.1, 0.15) is 42.1 Å². The first kappa shape index (κ1) is 12.9. The van der Waals surface area contributed by atoms with Crippen molar-refractivity contribution in [2.45, 2.75) is 31.7 Å². The van der Waals surface area contributed by atoms with Gasteiger partial charge in [-0.1, -0.05) is 6.07 Å². The van der Waals surface area contributed by atoms with E-state index in [9.17, 15) is 8.78 Å². The first-order valence-corrected chi connectivity index (χ1v) is 7.59. The molecule has 0 saturated heterocycles. The van der Waals surface area contributed by atoms with E-state index in [1.807, 2.05) is 6.07 Å². The second-order valence-electron chi connectivity index (χ2n) is 6.04. The molecule has 1 aliphatic carbocycles. The molecule has 3 heterocycles. The number of fused-ring (bicyclic) bond motifs is 5. The van der Waals surface area contributed by atoms with Gasteiger partial charge in [0.25, 0.3) is 6.43 Å². The molecule has 0 unspecified atom stereocenters. The number of hydrogen-bond donors (Lipinski definition) is 0. The zero-order valence-corrected chi connectivity index (χ0v) is 12.2. The predicted molar refractivity (Wildman–Crippen MR) is 78.6 cm³/mol. The number of halogens is 2. The van der Waals surface area contributed by atoms with Crippen molar-refractivity contribution in [3.8, 4) is 17.1 Å². The van der Waals surface area contributed by atoms with E-state index in [4.69, 9.17) is 0 Å². The van der Waals surface area contributed by atoms with Gasteiger partial charge in [-0.3, -0.25) is 0 Å². The molecule has 0 radical (unpaired) electrons. The molecule has 1 aromatic carbocycles. The quantitative estimate of drug-likeness (QED) is 0.570. The van der Waals surface area contributed by atoms with Gasteiger partial charge in [-0.25, -0.2) is 23.4 Å². The molecule has 5 nitrogen and oxygen atoms in total. The standard InChI is InChI=1S/C16H13F2N5/c17-15(18)14-13-6-23-16(19-7-21-23)11-5-10(9-1-2-9)3-4-12(11)22(13)8-20-14/h3-5,7-9,15H,1-2,6H2. The molecule has 1 saturated carbocycles. The van der Waals surface area contributed by atoms with Crippen LogP contribution < -0.4 is 0 Å². The van der Waals surface area contributed by atoms with Crippen LogP contribution in [0.25, 0.3) is 17.1 Å². The summed E-state index contributed by atoms with van der Waals surface area (Å²) < 4.78 is 29.9. The molecule has 5 rings (SSSR count). The highest BCUT2D eigenvalue weighted by Crippen LogP contribution is 2.43. The molecule has 1 fully saturated rings. The van der Waals surface area contributed by atoms with E-state index in [2.05, 4.69) is 27.2 Å². The van der Waals surface area contributed by atoms with Crippen molar-refractivity contribution in [2.24, 2.45) is 0 Å². The van der Waals surface area contributed by atoms with Crippen molar-refractivity contribution in [2.75, 3.05) is 0 Å². The lowest BCUT2D eigenvalue weighted by atomic mass is 10.0. The lowest BCUT2D eigenvalue weighted by Crippen LogP contribution is -2.07. The zero-order valence-electron chi connectivity index (χ0n) is 12.2. The molecule has 0 amide bonds. The summed E-state index contributed by atoms with van der Waals surface area (Å²) in [5.41, 5.74) is 3.30. The highest BCUT2D eigenvalue weighted by molar-refractivity contribution is 5.70. The van der Waals surface area contributed by atoms with Gasteiger partial charge in [0.15, 0.2) is 5.82 Å². The molecule has 3 aromatic rings. The normalized spacial score (nSPS) is 16.0. The van der Waals surface area contributed by atoms with E-state index in [0.717, 1.165) is 11.3 Å². The Morgan fingerprint density at radius 2 is 2.04 bits per heavy atom. The Labute approximate surface area is 130 Å². The van der Waals surface area contributed by atoms with Crippen molar-refractivity contribution in [1.29, 1.82) is 0 Å². The summed E-state index contributed by atoms with van der Waals surface area (Å²) >= 11 is 0. The van der Waals surface area contributed by atoms with Gasteiger partial charge in [0.05, 0.1) is 17.9 Å². The zero-order chi connectivity index (χ0) is 15.6. The summed E-state index contributed by atoms with van der Waals surface area (Å²) in [7, 11) is 0. The third-order valence-corrected chi connectivity index (χ3v) is 4.59. The largest absolute Gasteiger partial charge is 0.300 e. The van der Waals surface area contributed by atoms with E-state index < -0.39 is 6.43 Å². The molecular formula is C16H13F2N5. The Morgan fingerprint density at radius 1 is 1.17 bits per heavy atom. The third kappa shape index (κ3) is 1.85. The van der Waals surface area contributed by atoms with E-state index in [1.165, 1.54) is 31.1 Å². The van der Waals surface area contributed by atoms with Gasteiger partial charge in [0.1, 0.15) is 18.3 Å². The van der Waals surface area contributed by atoms with Crippen molar-refractivity contribution >= 4 is 0 Å². The first-order chi connectivity index (χ1) is 11.2. The first-order valence-electron chi connectivity index (χ1n) is 7.59. The predicted octanol–water partition coefficient (Wildman–Crippen LogP) is 3.31. The van der Waals surface area contributed by atoms with E-state index in [1.54, 1.807) is 9.25 Å². The minimum absolute atomic E-state index is 0.189. The lowest BCUT2D eigenvalue weighted by Gasteiger charge is -2.10. The van der Waals surface area contributed by atoms with Gasteiger partial charge in [-0.15, -0.1) is 0 Å². The molecule has 0 bridgehead atoms. The molecule has 7 heteroatoms. The number of rotatable bonds is 2. The Kier molecular flexibility index (Phi) is 2.51. The van der Waals surface area contributed by atoms with E-state index in [-0.39, 0.29) is 12.2 Å². The fraction of sp³-hybridized carbons (Fsp3) is 0.312. The Hall–Kier alpha value is -2.57. The third-order valence-electron chi connectivity index (χ3n) is 4.59. The number of benzene rings is 1. The second-order valence-corrected chi connectivity index (χ2v) is 6.04. The van der Waals surface area contributed by atoms with Crippen LogP contribution >= 0.6 is 0 Å². The van der Waals surface area contributed by atoms with Crippen LogP contribution in [0.4, 0.5) is 8.78 Å². The summed E-state index contributed by atoms with van der Waals surface area (Å²) in [6.45, 7) is 0.239. The number of alkyl halides is 2. The number of aromatic nitrogens is 5. The van der Waals surface area contributed by atoms with Crippen molar-refractivity contribution in [3.63, 3.8) is 0 Å². The second kappa shape index (κ2) is 4.47. The fourth-order valence-electron chi connectivity index (χ4n) is 3.28. The highest BCUT2D eigenvalue weighted by atomic mass is 19.3. The van der Waals surface area contributed by atoms with Crippen LogP contribution in [0.2, 0.25) is 0 Å². The monoisotopic (exact) mass is 313 g/mol. The van der Waals surface area contributed by atoms with Crippen LogP contribution in [0.5, 0.6) is 0 Å². The fourth-order valence-corrected chi connectivity index (χ4v) is 3.28. The maximum absolute atomic E-state index is 13.3. The van der Waals surface area contributed by atoms with Gasteiger partial charge in [0, 0.05) is 5.56 Å². The summed E-state index contributed by atoms with van der Waals surface area (Å²) in [6.07, 6.45) is 2.75. The highest BCUT2D eigenvalue weighted by Gasteiger charge is 2.29. The number of hydrogen-bond acceptors (Lipinski definition) is 3. The molecule has 0 N–H and O–H groups in total. The molecule has 0 spiro atoms. The van der Waals surface area contributed by atoms with Gasteiger partial charge in [0.2, 0.25) is 0 Å². The molecule has 2 aromatic heterocycles. The molecule has 2 aliphatic rings. The van der Waals surface area contributed by atoms with Gasteiger partial charge in [-0.05, 0) is 36.5 Å². The maximum atomic E-state index is 13.3. The van der Waals surface area contributed by atoms with Crippen molar-refractivity contribution in [3.05, 3.63) is 47.8 Å². The number of nitrogens with zero attached hydrogens (tertiary/aromatic N) is 5. The summed E-state index contributed by atoms with van der Waals surface area (Å²) in [6, 6.07) is 6.17. The van der Waals surface area contributed by atoms with Crippen molar-refractivity contribution in [1.82, 2.24) is 24.3 Å². The molecule has 23 heavy (non-hydrogen) atoms. The molecule has 0 atom stereocenters. The number of imidazole rings is 1. The average molecular weight is 313 g/mol. The van der Waals surface area contributed by atoms with Crippen LogP contribution in [0, 0.1) is 0 Å². The minimum atomic E-state index is -2.61. The SMILES string of the molecule is FC(F)c1ncn2c1Cn1ncnc1-c1cc(C3CC3)ccc1-2. The van der Waals surface area contributed by atoms with Crippen LogP contribution in [0.3, 0.4) is 0 Å². The minimum Gasteiger partial charge on any atom is -0.300 e. The summed E-state index contributed by atoms with van der Waals surface area (Å²) in [5, 5.41) is 4.20. The van der Waals surface area contributed by atoms with Gasteiger partial charge < -0.3 is 4.57 Å². The smallest absolute Gasteiger partial charge is 0.282 e. The van der Waals surface area contributed by atoms with E-state index >= 15 is 0 Å². The summed E-state index contributed by atoms with van der Waals surface area (Å²) in [4.78, 5) is 8.26. The topological polar surface area (TPSA) is 48.5 Å². The Morgan fingerprint density at radius 3 is 2.83 bits per heavy atom. The van der Waals surface area contributed by atoms with Gasteiger partial charge >= 0.3 is 0 Å². The maximum Gasteiger partial charge on any atom is 0.282 e.